The fraction of sp³-hybridized carbons (Fsp3) is 0.559. The number of fused-ring (bicyclic) bond motifs is 1. The Labute approximate surface area is 276 Å². The number of nitrogens with zero attached hydrogens (tertiary/aromatic N) is 5. The number of likely N-dealkylation sites (tertiary alicyclic amines) is 1. The van der Waals surface area contributed by atoms with Crippen molar-refractivity contribution < 1.29 is 32.3 Å². The summed E-state index contributed by atoms with van der Waals surface area (Å²) in [6.45, 7) is 7.88. The van der Waals surface area contributed by atoms with Gasteiger partial charge in [-0.3, -0.25) is 19.2 Å². The number of H-pyrrole nitrogens is 1. The van der Waals surface area contributed by atoms with Crippen LogP contribution in [0.2, 0.25) is 0 Å². The minimum Gasteiger partial charge on any atom is -0.444 e. The highest BCUT2D eigenvalue weighted by Gasteiger charge is 2.48. The summed E-state index contributed by atoms with van der Waals surface area (Å²) in [7, 11) is 0. The maximum absolute atomic E-state index is 16.5. The number of halogens is 3. The quantitative estimate of drug-likeness (QED) is 0.333. The van der Waals surface area contributed by atoms with E-state index in [9.17, 15) is 23.2 Å². The molecule has 1 atom stereocenters. The summed E-state index contributed by atoms with van der Waals surface area (Å²) in [5, 5.41) is 7.35. The lowest BCUT2D eigenvalue weighted by atomic mass is 9.79. The van der Waals surface area contributed by atoms with Crippen LogP contribution < -0.4 is 5.32 Å². The van der Waals surface area contributed by atoms with Crippen molar-refractivity contribution in [3.8, 4) is 0 Å². The van der Waals surface area contributed by atoms with Crippen LogP contribution in [0.1, 0.15) is 88.2 Å². The summed E-state index contributed by atoms with van der Waals surface area (Å²) in [5.41, 5.74) is 0.305. The Morgan fingerprint density at radius 3 is 2.44 bits per heavy atom. The second-order valence-corrected chi connectivity index (χ2v) is 14.3. The molecule has 258 valence electrons. The molecule has 2 aromatic heterocycles. The van der Waals surface area contributed by atoms with Crippen LogP contribution in [0.4, 0.5) is 18.0 Å². The van der Waals surface area contributed by atoms with E-state index < -0.39 is 48.5 Å². The molecule has 6 rings (SSSR count). The average Bonchev–Trinajstić information content (AvgIpc) is 3.77. The topological polar surface area (TPSA) is 125 Å². The Balaban J connectivity index is 1.35. The lowest BCUT2D eigenvalue weighted by molar-refractivity contribution is -0.161. The molecule has 2 N–H and O–H groups in total. The summed E-state index contributed by atoms with van der Waals surface area (Å²) in [6.07, 6.45) is 4.57. The van der Waals surface area contributed by atoms with Crippen LogP contribution in [0.5, 0.6) is 0 Å². The van der Waals surface area contributed by atoms with Crippen molar-refractivity contribution in [2.45, 2.75) is 84.4 Å². The first-order valence-electron chi connectivity index (χ1n) is 16.5. The highest BCUT2D eigenvalue weighted by atomic mass is 19.3. The largest absolute Gasteiger partial charge is 0.444 e. The van der Waals surface area contributed by atoms with Crippen molar-refractivity contribution in [1.82, 2.24) is 34.9 Å². The summed E-state index contributed by atoms with van der Waals surface area (Å²) in [6, 6.07) is 4.26. The first-order chi connectivity index (χ1) is 22.6. The second-order valence-electron chi connectivity index (χ2n) is 14.3. The van der Waals surface area contributed by atoms with Crippen molar-refractivity contribution in [2.75, 3.05) is 26.2 Å². The number of aromatic nitrogens is 4. The van der Waals surface area contributed by atoms with Gasteiger partial charge in [0.15, 0.2) is 5.82 Å². The monoisotopic (exact) mass is 669 g/mol. The molecule has 4 heterocycles. The molecule has 0 bridgehead atoms. The molecule has 0 radical (unpaired) electrons. The number of aryl methyl sites for hydroxylation is 1. The molecule has 1 saturated heterocycles. The molecule has 2 aliphatic heterocycles. The number of hydrogen-bond acceptors (Lipinski definition) is 6. The van der Waals surface area contributed by atoms with E-state index in [0.29, 0.717) is 29.5 Å². The standard InChI is InChI=1S/C34H42F3N7O4/c1-6-44-25(13-14-38-44)30(45)41-27(20-9-7-19(2)8-10-20)29-39-24-12-11-21(26(35)28(24)40-29)22-15-42(32(47)48-33(3,4)5)16-23(22)31(46)43-17-34(36,37)18-43/h11-14,19-20,27H,6-10,15-18H2,1-5H3,(H,39,40)(H,41,45)/t19-,20-,27-/m0/s1. The van der Waals surface area contributed by atoms with Gasteiger partial charge >= 0.3 is 6.09 Å². The third kappa shape index (κ3) is 6.66. The van der Waals surface area contributed by atoms with Crippen molar-refractivity contribution in [3.05, 3.63) is 52.9 Å². The zero-order chi connectivity index (χ0) is 34.5. The fourth-order valence-electron chi connectivity index (χ4n) is 6.84. The molecule has 2 fully saturated rings. The lowest BCUT2D eigenvalue weighted by Gasteiger charge is -2.39. The lowest BCUT2D eigenvalue weighted by Crippen LogP contribution is -2.59. The van der Waals surface area contributed by atoms with E-state index in [0.717, 1.165) is 30.6 Å². The van der Waals surface area contributed by atoms with Crippen LogP contribution in [0.3, 0.4) is 0 Å². The van der Waals surface area contributed by atoms with Crippen LogP contribution in [0.15, 0.2) is 30.0 Å². The van der Waals surface area contributed by atoms with E-state index in [4.69, 9.17) is 4.74 Å². The Morgan fingerprint density at radius 2 is 1.79 bits per heavy atom. The molecule has 1 saturated carbocycles. The van der Waals surface area contributed by atoms with Crippen molar-refractivity contribution in [2.24, 2.45) is 11.8 Å². The number of benzene rings is 1. The van der Waals surface area contributed by atoms with Crippen LogP contribution in [-0.4, -0.2) is 85.2 Å². The summed E-state index contributed by atoms with van der Waals surface area (Å²) < 4.78 is 51.1. The third-order valence-corrected chi connectivity index (χ3v) is 9.40. The van der Waals surface area contributed by atoms with E-state index in [1.807, 2.05) is 6.92 Å². The first kappa shape index (κ1) is 33.5. The van der Waals surface area contributed by atoms with E-state index in [1.54, 1.807) is 43.8 Å². The predicted octanol–water partition coefficient (Wildman–Crippen LogP) is 5.70. The van der Waals surface area contributed by atoms with Crippen LogP contribution >= 0.6 is 0 Å². The number of amides is 3. The Kier molecular flexibility index (Phi) is 8.79. The van der Waals surface area contributed by atoms with E-state index in [2.05, 4.69) is 27.3 Å². The normalized spacial score (nSPS) is 21.8. The fourth-order valence-corrected chi connectivity index (χ4v) is 6.84. The third-order valence-electron chi connectivity index (χ3n) is 9.40. The van der Waals surface area contributed by atoms with Gasteiger partial charge in [0.25, 0.3) is 17.7 Å². The minimum absolute atomic E-state index is 0.00928. The van der Waals surface area contributed by atoms with Gasteiger partial charge < -0.3 is 19.9 Å². The Hall–Kier alpha value is -4.36. The number of nitrogens with one attached hydrogen (secondary N) is 2. The van der Waals surface area contributed by atoms with Gasteiger partial charge in [0, 0.05) is 23.9 Å². The molecule has 3 aromatic rings. The molecule has 14 heteroatoms. The molecule has 0 spiro atoms. The predicted molar refractivity (Wildman–Crippen MR) is 172 cm³/mol. The van der Waals surface area contributed by atoms with E-state index >= 15 is 4.39 Å². The molecular formula is C34H42F3N7O4. The van der Waals surface area contributed by atoms with Gasteiger partial charge in [-0.05, 0) is 76.1 Å². The van der Waals surface area contributed by atoms with Crippen LogP contribution in [-0.2, 0) is 16.1 Å². The number of imidazole rings is 1. The second kappa shape index (κ2) is 12.6. The molecule has 48 heavy (non-hydrogen) atoms. The molecule has 1 aromatic carbocycles. The van der Waals surface area contributed by atoms with Gasteiger partial charge in [0.05, 0.1) is 37.7 Å². The molecule has 11 nitrogen and oxygen atoms in total. The van der Waals surface area contributed by atoms with E-state index in [1.165, 1.54) is 11.0 Å². The zero-order valence-corrected chi connectivity index (χ0v) is 27.9. The van der Waals surface area contributed by atoms with Crippen molar-refractivity contribution >= 4 is 34.5 Å². The number of alkyl halides is 2. The zero-order valence-electron chi connectivity index (χ0n) is 27.9. The summed E-state index contributed by atoms with van der Waals surface area (Å²) in [5.74, 6) is -3.66. The summed E-state index contributed by atoms with van der Waals surface area (Å²) >= 11 is 0. The number of aromatic amines is 1. The van der Waals surface area contributed by atoms with Crippen molar-refractivity contribution in [3.63, 3.8) is 0 Å². The van der Waals surface area contributed by atoms with Gasteiger partial charge in [-0.2, -0.15) is 5.10 Å². The SMILES string of the molecule is CCn1nccc1C(=O)N[C@H](c1nc2c(F)c(C3=C(C(=O)N4CC(F)(F)C4)CN(C(=O)OC(C)(C)C)C3)ccc2[nH]1)[C@H]1CC[C@H](C)CC1. The number of hydrogen-bond donors (Lipinski definition) is 2. The maximum Gasteiger partial charge on any atom is 0.410 e. The molecule has 3 aliphatic rings. The molecular weight excluding hydrogens is 627 g/mol. The first-order valence-corrected chi connectivity index (χ1v) is 16.5. The summed E-state index contributed by atoms with van der Waals surface area (Å²) in [4.78, 5) is 50.1. The van der Waals surface area contributed by atoms with Gasteiger partial charge in [0.1, 0.15) is 22.6 Å². The molecule has 0 unspecified atom stereocenters. The number of ether oxygens (including phenoxy) is 1. The van der Waals surface area contributed by atoms with Crippen molar-refractivity contribution in [1.29, 1.82) is 0 Å². The minimum atomic E-state index is -2.99. The average molecular weight is 670 g/mol. The smallest absolute Gasteiger partial charge is 0.410 e. The Bertz CT molecular complexity index is 1760. The van der Waals surface area contributed by atoms with Crippen LogP contribution in [0.25, 0.3) is 16.6 Å². The Morgan fingerprint density at radius 1 is 1.08 bits per heavy atom. The highest BCUT2D eigenvalue weighted by molar-refractivity contribution is 6.05. The maximum atomic E-state index is 16.5. The van der Waals surface area contributed by atoms with E-state index in [-0.39, 0.29) is 47.1 Å². The van der Waals surface area contributed by atoms with Crippen LogP contribution in [0, 0.1) is 17.7 Å². The van der Waals surface area contributed by atoms with Gasteiger partial charge in [-0.15, -0.1) is 0 Å². The molecule has 1 aliphatic carbocycles. The highest BCUT2D eigenvalue weighted by Crippen LogP contribution is 2.39. The number of carbonyl (C=O) groups is 3. The molecule has 3 amide bonds. The van der Waals surface area contributed by atoms with Gasteiger partial charge in [-0.25, -0.2) is 22.9 Å². The van der Waals surface area contributed by atoms with Gasteiger partial charge in [-0.1, -0.05) is 19.8 Å². The number of carbonyl (C=O) groups excluding carboxylic acids is 3. The van der Waals surface area contributed by atoms with Gasteiger partial charge in [0.2, 0.25) is 0 Å². The number of rotatable bonds is 7.